The summed E-state index contributed by atoms with van der Waals surface area (Å²) >= 11 is 0. The predicted octanol–water partition coefficient (Wildman–Crippen LogP) is -0.644. The van der Waals surface area contributed by atoms with Crippen LogP contribution in [0.5, 0.6) is 0 Å². The summed E-state index contributed by atoms with van der Waals surface area (Å²) < 4.78 is 43.6. The van der Waals surface area contributed by atoms with Crippen LogP contribution in [0.4, 0.5) is 13.2 Å². The molecule has 3 aromatic rings. The van der Waals surface area contributed by atoms with Gasteiger partial charge in [-0.15, -0.1) is 0 Å². The van der Waals surface area contributed by atoms with Crippen molar-refractivity contribution in [3.63, 3.8) is 0 Å². The van der Waals surface area contributed by atoms with Crippen molar-refractivity contribution in [1.29, 1.82) is 0 Å². The van der Waals surface area contributed by atoms with Crippen LogP contribution >= 0.6 is 0 Å². The van der Waals surface area contributed by atoms with Crippen LogP contribution in [0, 0.1) is 29.3 Å². The Hall–Kier alpha value is -8.39. The van der Waals surface area contributed by atoms with Crippen LogP contribution in [0.1, 0.15) is 102 Å². The minimum atomic E-state index is -1.94. The number of para-hydroxylation sites is 1. The van der Waals surface area contributed by atoms with Gasteiger partial charge in [-0.25, -0.2) is 13.2 Å². The standard InChI is InChI=1S/C51H69F3N14O10/c1-26(69)64-37(13-7-17-62-51(59)60)47(76)66-38-15-14-31(70)9-2-4-12-36(45(56)74)65-46(75)29(21-30-25-63-35-11-5-3-10-32(30)35)23-41(71)28(8-6-16-61-50(57)58)22-42(72)39(20-27-18-33(52)44(54)34(53)19-27)67-49(78)40(24-43(55)73)68-48(38)77/h3,5,10-11,18-19,25,28-29,36-40,63H,2,4,6-9,12-17,20-24H2,1H3,(H2,55,73)(H2,56,74)(H,64,69)(H,65,75)(H,66,76)(H,67,78)(H,68,77)(H4,57,58,61)(H4,59,60,62)/t28-,29-,36+,37+,38+,39-,40+/m1/s1. The second-order valence-corrected chi connectivity index (χ2v) is 19.2. The number of carbonyl (C=O) groups is 10. The van der Waals surface area contributed by atoms with Crippen LogP contribution in [0.15, 0.2) is 52.6 Å². The van der Waals surface area contributed by atoms with Crippen LogP contribution in [0.3, 0.4) is 0 Å². The summed E-state index contributed by atoms with van der Waals surface area (Å²) in [6.07, 6.45) is -1.80. The fourth-order valence-corrected chi connectivity index (χ4v) is 8.94. The fraction of sp³-hybridized carbons (Fsp3) is 0.490. The Morgan fingerprint density at radius 3 is 2.01 bits per heavy atom. The number of H-pyrrole nitrogens is 1. The van der Waals surface area contributed by atoms with Crippen molar-refractivity contribution in [1.82, 2.24) is 31.6 Å². The molecule has 4 rings (SSSR count). The zero-order chi connectivity index (χ0) is 57.6. The molecule has 27 heteroatoms. The third-order valence-electron chi connectivity index (χ3n) is 12.9. The van der Waals surface area contributed by atoms with E-state index in [1.54, 1.807) is 30.5 Å². The molecule has 24 nitrogen and oxygen atoms in total. The molecule has 7 atom stereocenters. The monoisotopic (exact) mass is 1090 g/mol. The molecule has 0 saturated carbocycles. The number of carbonyl (C=O) groups excluding carboxylic acids is 10. The Bertz CT molecular complexity index is 2720. The Morgan fingerprint density at radius 2 is 1.37 bits per heavy atom. The van der Waals surface area contributed by atoms with Gasteiger partial charge in [0.1, 0.15) is 35.7 Å². The van der Waals surface area contributed by atoms with Gasteiger partial charge in [-0.2, -0.15) is 0 Å². The summed E-state index contributed by atoms with van der Waals surface area (Å²) in [6.45, 7) is 1.16. The average Bonchev–Trinajstić information content (AvgIpc) is 3.77. The molecular weight excluding hydrogens is 1030 g/mol. The molecule has 78 heavy (non-hydrogen) atoms. The van der Waals surface area contributed by atoms with E-state index in [0.717, 1.165) is 17.8 Å². The van der Waals surface area contributed by atoms with Crippen LogP contribution < -0.4 is 61.0 Å². The van der Waals surface area contributed by atoms with Crippen molar-refractivity contribution in [2.24, 2.45) is 56.2 Å². The molecule has 1 fully saturated rings. The zero-order valence-corrected chi connectivity index (χ0v) is 43.2. The molecule has 0 radical (unpaired) electrons. The molecule has 0 spiro atoms. The first kappa shape index (κ1) is 62.2. The molecule has 0 unspecified atom stereocenters. The molecule has 2 aromatic carbocycles. The quantitative estimate of drug-likeness (QED) is 0.0326. The highest BCUT2D eigenvalue weighted by atomic mass is 19.2. The molecule has 2 heterocycles. The summed E-state index contributed by atoms with van der Waals surface area (Å²) in [7, 11) is 0. The number of aromatic nitrogens is 1. The largest absolute Gasteiger partial charge is 0.370 e. The van der Waals surface area contributed by atoms with E-state index >= 15 is 0 Å². The van der Waals surface area contributed by atoms with Gasteiger partial charge in [0.25, 0.3) is 0 Å². The Labute approximate surface area is 447 Å². The molecule has 1 aliphatic heterocycles. The Balaban J connectivity index is 1.82. The number of fused-ring (bicyclic) bond motifs is 1. The number of primary amides is 2. The number of hydrogen-bond donors (Lipinski definition) is 12. The van der Waals surface area contributed by atoms with Crippen LogP contribution in [-0.2, 0) is 60.8 Å². The smallest absolute Gasteiger partial charge is 0.243 e. The van der Waals surface area contributed by atoms with E-state index in [1.807, 2.05) is 0 Å². The van der Waals surface area contributed by atoms with E-state index in [2.05, 4.69) is 41.6 Å². The van der Waals surface area contributed by atoms with Crippen LogP contribution in [-0.4, -0.2) is 119 Å². The van der Waals surface area contributed by atoms with Gasteiger partial charge in [-0.05, 0) is 87.1 Å². The van der Waals surface area contributed by atoms with Crippen molar-refractivity contribution in [2.75, 3.05) is 13.1 Å². The third-order valence-corrected chi connectivity index (χ3v) is 12.9. The molecule has 0 aliphatic carbocycles. The highest BCUT2D eigenvalue weighted by molar-refractivity contribution is 5.99. The SMILES string of the molecule is CC(=O)N[C@@H](CCCN=C(N)N)C(=O)N[C@H]1CCC(=O)CCCC[C@@H](C(N)=O)NC(=O)[C@H](Cc2c[nH]c3ccccc23)CC(=O)[C@H](CCCN=C(N)N)CC(=O)[C@@H](Cc2cc(F)c(F)c(F)c2)NC(=O)[C@H](CC(N)=O)NC1=O. The van der Waals surface area contributed by atoms with E-state index in [0.29, 0.717) is 17.7 Å². The van der Waals surface area contributed by atoms with Gasteiger partial charge in [0.2, 0.25) is 41.4 Å². The minimum absolute atomic E-state index is 0.0248. The number of rotatable bonds is 18. The fourth-order valence-electron chi connectivity index (χ4n) is 8.94. The normalized spacial score (nSPS) is 21.0. The van der Waals surface area contributed by atoms with Gasteiger partial charge in [0, 0.05) is 74.6 Å². The molecule has 7 amide bonds. The predicted molar refractivity (Wildman–Crippen MR) is 279 cm³/mol. The van der Waals surface area contributed by atoms with Crippen molar-refractivity contribution in [3.05, 3.63) is 71.2 Å². The number of amides is 7. The van der Waals surface area contributed by atoms with Gasteiger partial charge in [-0.3, -0.25) is 57.9 Å². The molecule has 1 aromatic heterocycles. The maximum absolute atomic E-state index is 14.7. The first-order chi connectivity index (χ1) is 36.9. The third kappa shape index (κ3) is 20.3. The number of benzene rings is 2. The lowest BCUT2D eigenvalue weighted by molar-refractivity contribution is -0.136. The van der Waals surface area contributed by atoms with E-state index in [-0.39, 0.29) is 94.8 Å². The van der Waals surface area contributed by atoms with Crippen LogP contribution in [0.25, 0.3) is 10.9 Å². The number of aromatic amines is 1. The molecule has 1 aliphatic rings. The lowest BCUT2D eigenvalue weighted by atomic mass is 9.83. The lowest BCUT2D eigenvalue weighted by Gasteiger charge is -2.27. The van der Waals surface area contributed by atoms with Gasteiger partial charge in [-0.1, -0.05) is 24.6 Å². The number of hydrogen-bond acceptors (Lipinski definition) is 12. The number of nitrogens with zero attached hydrogens (tertiary/aromatic N) is 2. The molecular formula is C51H69F3N14O10. The Morgan fingerprint density at radius 1 is 0.731 bits per heavy atom. The lowest BCUT2D eigenvalue weighted by Crippen LogP contribution is -2.58. The summed E-state index contributed by atoms with van der Waals surface area (Å²) in [5.41, 5.74) is 34.2. The maximum atomic E-state index is 14.7. The summed E-state index contributed by atoms with van der Waals surface area (Å²) in [5.74, 6) is -16.9. The minimum Gasteiger partial charge on any atom is -0.370 e. The Kier molecular flexibility index (Phi) is 24.2. The highest BCUT2D eigenvalue weighted by Gasteiger charge is 2.36. The van der Waals surface area contributed by atoms with Gasteiger partial charge in [0.15, 0.2) is 35.2 Å². The average molecular weight is 1100 g/mol. The van der Waals surface area contributed by atoms with Crippen LogP contribution in [0.2, 0.25) is 0 Å². The summed E-state index contributed by atoms with van der Waals surface area (Å²) in [5, 5.41) is 13.0. The molecule has 18 N–H and O–H groups in total. The van der Waals surface area contributed by atoms with Gasteiger partial charge < -0.3 is 66.0 Å². The second kappa shape index (κ2) is 30.4. The summed E-state index contributed by atoms with van der Waals surface area (Å²) in [6, 6.07) is 0.316. The van der Waals surface area contributed by atoms with E-state index in [9.17, 15) is 61.1 Å². The molecule has 424 valence electrons. The number of halogens is 3. The zero-order valence-electron chi connectivity index (χ0n) is 43.2. The number of Topliss-reactive ketones (excluding diaryl/α,β-unsaturated/α-hetero) is 3. The van der Waals surface area contributed by atoms with Crippen molar-refractivity contribution in [2.45, 2.75) is 133 Å². The second-order valence-electron chi connectivity index (χ2n) is 19.2. The van der Waals surface area contributed by atoms with Gasteiger partial charge >= 0.3 is 0 Å². The van der Waals surface area contributed by atoms with Crippen molar-refractivity contribution < 1.29 is 61.1 Å². The van der Waals surface area contributed by atoms with Gasteiger partial charge in [0.05, 0.1) is 12.5 Å². The number of aliphatic imine (C=N–C) groups is 2. The number of ketones is 3. The maximum Gasteiger partial charge on any atom is 0.243 e. The first-order valence-electron chi connectivity index (χ1n) is 25.3. The van der Waals surface area contributed by atoms with Crippen molar-refractivity contribution in [3.8, 4) is 0 Å². The number of guanidine groups is 2. The topological polar surface area (TPSA) is 427 Å². The first-order valence-corrected chi connectivity index (χ1v) is 25.3. The highest BCUT2D eigenvalue weighted by Crippen LogP contribution is 2.27. The molecule has 1 saturated heterocycles. The molecule has 0 bridgehead atoms. The number of nitrogens with two attached hydrogens (primary N) is 6. The van der Waals surface area contributed by atoms with Crippen molar-refractivity contribution >= 4 is 81.5 Å². The van der Waals surface area contributed by atoms with E-state index in [1.165, 1.54) is 0 Å². The summed E-state index contributed by atoms with van der Waals surface area (Å²) in [4.78, 5) is 148. The van der Waals surface area contributed by atoms with E-state index < -0.39 is 150 Å². The van der Waals surface area contributed by atoms with E-state index in [4.69, 9.17) is 34.4 Å². The number of nitrogens with one attached hydrogen (secondary N) is 6.